The highest BCUT2D eigenvalue weighted by Gasteiger charge is 2.39. The topological polar surface area (TPSA) is 35.2 Å². The Morgan fingerprint density at radius 2 is 1.95 bits per heavy atom. The zero-order valence-electron chi connectivity index (χ0n) is 12.9. The molecule has 106 valence electrons. The molecule has 0 aromatic heterocycles. The van der Waals surface area contributed by atoms with Crippen LogP contribution in [0.2, 0.25) is 18.1 Å². The van der Waals surface area contributed by atoms with Gasteiger partial charge in [-0.3, -0.25) is 0 Å². The van der Waals surface area contributed by atoms with Crippen molar-refractivity contribution in [1.29, 1.82) is 0 Å². The van der Waals surface area contributed by atoms with E-state index in [2.05, 4.69) is 52.1 Å². The molecule has 19 heavy (non-hydrogen) atoms. The zero-order chi connectivity index (χ0) is 14.3. The highest BCUT2D eigenvalue weighted by atomic mass is 28.4. The van der Waals surface area contributed by atoms with E-state index in [-0.39, 0.29) is 11.1 Å². The van der Waals surface area contributed by atoms with E-state index in [1.54, 1.807) is 0 Å². The van der Waals surface area contributed by atoms with Gasteiger partial charge < -0.3 is 10.2 Å². The van der Waals surface area contributed by atoms with E-state index in [4.69, 9.17) is 10.2 Å². The first kappa shape index (κ1) is 14.6. The summed E-state index contributed by atoms with van der Waals surface area (Å²) >= 11 is 0. The standard InChI is InChI=1S/C16H27NOSi/c1-16(2,3)19(4,5)18-13-9-10-14-12(11-13)7-6-8-15(14)17/h9-11,15H,6-8,17H2,1-5H3. The van der Waals surface area contributed by atoms with Crippen molar-refractivity contribution in [3.63, 3.8) is 0 Å². The molecule has 1 aromatic rings. The van der Waals surface area contributed by atoms with Gasteiger partial charge >= 0.3 is 0 Å². The number of aryl methyl sites for hydroxylation is 1. The van der Waals surface area contributed by atoms with E-state index in [1.165, 1.54) is 17.5 Å². The summed E-state index contributed by atoms with van der Waals surface area (Å²) in [5.74, 6) is 1.03. The summed E-state index contributed by atoms with van der Waals surface area (Å²) in [6.45, 7) is 11.4. The van der Waals surface area contributed by atoms with Crippen molar-refractivity contribution in [3.05, 3.63) is 29.3 Å². The second-order valence-electron chi connectivity index (χ2n) is 7.22. The highest BCUT2D eigenvalue weighted by Crippen LogP contribution is 2.38. The van der Waals surface area contributed by atoms with Crippen LogP contribution >= 0.6 is 0 Å². The van der Waals surface area contributed by atoms with E-state index < -0.39 is 8.32 Å². The number of benzene rings is 1. The van der Waals surface area contributed by atoms with E-state index in [1.807, 2.05) is 0 Å². The van der Waals surface area contributed by atoms with E-state index in [9.17, 15) is 0 Å². The second kappa shape index (κ2) is 4.95. The Hall–Kier alpha value is -0.803. The van der Waals surface area contributed by atoms with Crippen molar-refractivity contribution >= 4 is 8.32 Å². The van der Waals surface area contributed by atoms with Crippen LogP contribution in [-0.4, -0.2) is 8.32 Å². The minimum absolute atomic E-state index is 0.214. The van der Waals surface area contributed by atoms with Gasteiger partial charge in [-0.15, -0.1) is 0 Å². The molecule has 0 saturated carbocycles. The van der Waals surface area contributed by atoms with Gasteiger partial charge in [-0.1, -0.05) is 26.8 Å². The number of hydrogen-bond donors (Lipinski definition) is 1. The van der Waals surface area contributed by atoms with Crippen molar-refractivity contribution < 1.29 is 4.43 Å². The molecule has 1 unspecified atom stereocenters. The quantitative estimate of drug-likeness (QED) is 0.813. The molecule has 1 aliphatic carbocycles. The van der Waals surface area contributed by atoms with Crippen LogP contribution in [0.15, 0.2) is 18.2 Å². The van der Waals surface area contributed by atoms with Gasteiger partial charge in [-0.05, 0) is 60.7 Å². The molecule has 1 atom stereocenters. The molecule has 0 bridgehead atoms. The van der Waals surface area contributed by atoms with Crippen molar-refractivity contribution in [2.24, 2.45) is 5.73 Å². The number of rotatable bonds is 2. The van der Waals surface area contributed by atoms with Crippen LogP contribution in [0.1, 0.15) is 50.8 Å². The van der Waals surface area contributed by atoms with Crippen LogP contribution in [-0.2, 0) is 6.42 Å². The Morgan fingerprint density at radius 3 is 2.58 bits per heavy atom. The van der Waals surface area contributed by atoms with Crippen LogP contribution in [0.25, 0.3) is 0 Å². The second-order valence-corrected chi connectivity index (χ2v) is 11.9. The Bertz CT molecular complexity index is 462. The van der Waals surface area contributed by atoms with Gasteiger partial charge in [0.05, 0.1) is 0 Å². The largest absolute Gasteiger partial charge is 0.543 e. The molecule has 3 heteroatoms. The summed E-state index contributed by atoms with van der Waals surface area (Å²) in [6.07, 6.45) is 3.44. The predicted octanol–water partition coefficient (Wildman–Crippen LogP) is 4.41. The molecule has 2 rings (SSSR count). The van der Waals surface area contributed by atoms with Crippen LogP contribution in [0.4, 0.5) is 0 Å². The maximum absolute atomic E-state index is 6.37. The highest BCUT2D eigenvalue weighted by molar-refractivity contribution is 6.74. The van der Waals surface area contributed by atoms with Gasteiger partial charge in [-0.25, -0.2) is 0 Å². The lowest BCUT2D eigenvalue weighted by Gasteiger charge is -2.36. The Balaban J connectivity index is 2.24. The summed E-state index contributed by atoms with van der Waals surface area (Å²) in [5, 5.41) is 0.235. The van der Waals surface area contributed by atoms with Gasteiger partial charge in [-0.2, -0.15) is 0 Å². The summed E-state index contributed by atoms with van der Waals surface area (Å²) in [7, 11) is -1.74. The molecule has 0 fully saturated rings. The van der Waals surface area contributed by atoms with Crippen LogP contribution < -0.4 is 10.2 Å². The van der Waals surface area contributed by atoms with Gasteiger partial charge in [0.1, 0.15) is 5.75 Å². The van der Waals surface area contributed by atoms with E-state index in [0.29, 0.717) is 0 Å². The van der Waals surface area contributed by atoms with Gasteiger partial charge in [0, 0.05) is 6.04 Å². The van der Waals surface area contributed by atoms with Crippen LogP contribution in [0.3, 0.4) is 0 Å². The van der Waals surface area contributed by atoms with Crippen molar-refractivity contribution in [2.45, 2.75) is 64.2 Å². The first-order valence-electron chi connectivity index (χ1n) is 7.28. The number of hydrogen-bond acceptors (Lipinski definition) is 2. The molecule has 0 aliphatic heterocycles. The van der Waals surface area contributed by atoms with E-state index >= 15 is 0 Å². The third-order valence-corrected chi connectivity index (χ3v) is 9.01. The monoisotopic (exact) mass is 277 g/mol. The summed E-state index contributed by atoms with van der Waals surface area (Å²) in [4.78, 5) is 0. The van der Waals surface area contributed by atoms with Crippen molar-refractivity contribution in [3.8, 4) is 5.75 Å². The third kappa shape index (κ3) is 3.03. The average Bonchev–Trinajstić information content (AvgIpc) is 2.27. The lowest BCUT2D eigenvalue weighted by molar-refractivity contribution is 0.489. The van der Waals surface area contributed by atoms with Crippen molar-refractivity contribution in [1.82, 2.24) is 0 Å². The van der Waals surface area contributed by atoms with E-state index in [0.717, 1.165) is 18.6 Å². The van der Waals surface area contributed by atoms with Gasteiger partial charge in [0.15, 0.2) is 0 Å². The third-order valence-electron chi connectivity index (χ3n) is 4.65. The Morgan fingerprint density at radius 1 is 1.26 bits per heavy atom. The SMILES string of the molecule is CC(C)(C)[Si](C)(C)Oc1ccc2c(c1)CCCC2N. The molecule has 0 radical (unpaired) electrons. The molecular weight excluding hydrogens is 250 g/mol. The molecule has 2 N–H and O–H groups in total. The molecule has 1 aromatic carbocycles. The molecule has 0 amide bonds. The Labute approximate surface area is 118 Å². The molecule has 0 spiro atoms. The number of fused-ring (bicyclic) bond motifs is 1. The lowest BCUT2D eigenvalue weighted by atomic mass is 9.88. The van der Waals surface area contributed by atoms with Crippen molar-refractivity contribution in [2.75, 3.05) is 0 Å². The molecule has 0 heterocycles. The lowest BCUT2D eigenvalue weighted by Crippen LogP contribution is -2.43. The number of nitrogens with two attached hydrogens (primary N) is 1. The molecule has 2 nitrogen and oxygen atoms in total. The average molecular weight is 277 g/mol. The smallest absolute Gasteiger partial charge is 0.250 e. The fourth-order valence-electron chi connectivity index (χ4n) is 2.34. The maximum atomic E-state index is 6.37. The van der Waals surface area contributed by atoms with Crippen LogP contribution in [0.5, 0.6) is 5.75 Å². The maximum Gasteiger partial charge on any atom is 0.250 e. The van der Waals surface area contributed by atoms with Crippen LogP contribution in [0, 0.1) is 0 Å². The molecular formula is C16H27NOSi. The zero-order valence-corrected chi connectivity index (χ0v) is 13.9. The fourth-order valence-corrected chi connectivity index (χ4v) is 3.36. The fraction of sp³-hybridized carbons (Fsp3) is 0.625. The Kier molecular flexibility index (Phi) is 3.80. The molecule has 1 aliphatic rings. The first-order chi connectivity index (χ1) is 8.71. The summed E-state index contributed by atoms with van der Waals surface area (Å²) in [5.41, 5.74) is 8.86. The summed E-state index contributed by atoms with van der Waals surface area (Å²) < 4.78 is 6.37. The minimum atomic E-state index is -1.74. The predicted molar refractivity (Wildman–Crippen MR) is 84.1 cm³/mol. The normalized spacial score (nSPS) is 20.0. The van der Waals surface area contributed by atoms with Gasteiger partial charge in [0.2, 0.25) is 8.32 Å². The first-order valence-corrected chi connectivity index (χ1v) is 10.2. The van der Waals surface area contributed by atoms with Gasteiger partial charge in [0.25, 0.3) is 0 Å². The summed E-state index contributed by atoms with van der Waals surface area (Å²) in [6, 6.07) is 6.70. The minimum Gasteiger partial charge on any atom is -0.543 e. The molecule has 0 saturated heterocycles.